The Labute approximate surface area is 78.5 Å². The summed E-state index contributed by atoms with van der Waals surface area (Å²) in [5.74, 6) is 0. The molecule has 3 nitrogen and oxygen atoms in total. The standard InChI is InChI=1S/C7H6BN3S.H2/c8-3-1-5-6(2-4(3)9)11-7(12)10-5;/h1-2H,9H2,(H2,10,11,12);1H/i;1+1D. The van der Waals surface area contributed by atoms with Crippen LogP contribution in [-0.4, -0.2) is 17.8 Å². The summed E-state index contributed by atoms with van der Waals surface area (Å²) in [6, 6.07) is 3.52. The quantitative estimate of drug-likeness (QED) is 0.319. The molecule has 0 bridgehead atoms. The Bertz CT molecular complexity index is 451. The van der Waals surface area contributed by atoms with Crippen LogP contribution in [0.4, 0.5) is 5.69 Å². The van der Waals surface area contributed by atoms with Gasteiger partial charge in [-0.1, -0.05) is 5.46 Å². The van der Waals surface area contributed by atoms with Crippen molar-refractivity contribution in [1.29, 1.82) is 0 Å². The molecule has 1 aromatic heterocycles. The zero-order valence-corrected chi connectivity index (χ0v) is 7.03. The molecule has 2 aromatic rings. The summed E-state index contributed by atoms with van der Waals surface area (Å²) < 4.78 is 10.6. The predicted octanol–water partition coefficient (Wildman–Crippen LogP) is 0.847. The molecule has 4 N–H and O–H groups in total. The summed E-state index contributed by atoms with van der Waals surface area (Å²) in [6.45, 7) is 0. The number of aromatic nitrogens is 2. The molecule has 0 saturated heterocycles. The smallest absolute Gasteiger partial charge is 0.175 e. The predicted molar refractivity (Wildman–Crippen MR) is 55.4 cm³/mol. The monoisotopic (exact) mass is 179 g/mol. The van der Waals surface area contributed by atoms with Crippen LogP contribution in [0.1, 0.15) is 2.97 Å². The number of nitrogen functional groups attached to an aromatic ring is 1. The first-order valence-electron chi connectivity index (χ1n) is 4.44. The summed E-state index contributed by atoms with van der Waals surface area (Å²) in [5, 5.41) is 0. The normalized spacial score (nSPS) is 11.3. The second-order valence-corrected chi connectivity index (χ2v) is 3.01. The molecule has 0 amide bonds. The van der Waals surface area contributed by atoms with Gasteiger partial charge in [-0.3, -0.25) is 0 Å². The first-order chi connectivity index (χ1) is 6.66. The highest BCUT2D eigenvalue weighted by Gasteiger charge is 1.98. The molecule has 1 heterocycles. The Balaban J connectivity index is 0.000000461. The zero-order chi connectivity index (χ0) is 10.7. The van der Waals surface area contributed by atoms with Crippen molar-refractivity contribution >= 4 is 42.2 Å². The number of rotatable bonds is 0. The van der Waals surface area contributed by atoms with Crippen molar-refractivity contribution in [3.05, 3.63) is 16.9 Å². The van der Waals surface area contributed by atoms with E-state index in [1.807, 2.05) is 0 Å². The summed E-state index contributed by atoms with van der Waals surface area (Å²) in [7, 11) is 5.60. The highest BCUT2D eigenvalue weighted by molar-refractivity contribution is 7.71. The molecule has 60 valence electrons. The van der Waals surface area contributed by atoms with Gasteiger partial charge in [0.2, 0.25) is 0 Å². The minimum Gasteiger partial charge on any atom is -0.399 e. The van der Waals surface area contributed by atoms with E-state index in [-0.39, 0.29) is 0 Å². The first-order valence-corrected chi connectivity index (χ1v) is 3.84. The Morgan fingerprint density at radius 1 is 1.42 bits per heavy atom. The van der Waals surface area contributed by atoms with E-state index in [1.165, 1.54) is 0 Å². The third-order valence-corrected chi connectivity index (χ3v) is 1.92. The van der Waals surface area contributed by atoms with Crippen molar-refractivity contribution in [2.75, 3.05) is 5.73 Å². The van der Waals surface area contributed by atoms with Crippen LogP contribution in [0.2, 0.25) is 0 Å². The van der Waals surface area contributed by atoms with Gasteiger partial charge in [0.15, 0.2) is 4.77 Å². The van der Waals surface area contributed by atoms with Crippen LogP contribution >= 0.6 is 12.2 Å². The van der Waals surface area contributed by atoms with Crippen LogP contribution in [0.3, 0.4) is 0 Å². The first kappa shape index (κ1) is 6.31. The van der Waals surface area contributed by atoms with E-state index < -0.39 is 0 Å². The van der Waals surface area contributed by atoms with Crippen LogP contribution < -0.4 is 11.2 Å². The summed E-state index contributed by atoms with van der Waals surface area (Å²) in [6.07, 6.45) is 0. The molecule has 0 aliphatic carbocycles. The SMILES string of the molecule is [2H][2H].[B]c1cc2[nH]c(=S)[nH]c2cc1N. The van der Waals surface area contributed by atoms with Gasteiger partial charge in [-0.05, 0) is 24.4 Å². The Kier molecular flexibility index (Phi) is 1.25. The van der Waals surface area contributed by atoms with E-state index >= 15 is 0 Å². The lowest BCUT2D eigenvalue weighted by Gasteiger charge is -1.98. The molecule has 12 heavy (non-hydrogen) atoms. The number of nitrogens with two attached hydrogens (primary N) is 1. The van der Waals surface area contributed by atoms with Crippen molar-refractivity contribution in [2.24, 2.45) is 0 Å². The second-order valence-electron chi connectivity index (χ2n) is 2.61. The fraction of sp³-hybridized carbons (Fsp3) is 0. The van der Waals surface area contributed by atoms with E-state index in [0.29, 0.717) is 15.9 Å². The van der Waals surface area contributed by atoms with Gasteiger partial charge in [-0.15, -0.1) is 0 Å². The minimum atomic E-state index is 0.563. The second kappa shape index (κ2) is 2.38. The van der Waals surface area contributed by atoms with Gasteiger partial charge in [-0.25, -0.2) is 0 Å². The molecule has 5 heteroatoms. The van der Waals surface area contributed by atoms with E-state index in [9.17, 15) is 0 Å². The molecule has 0 fully saturated rings. The summed E-state index contributed by atoms with van der Waals surface area (Å²) in [4.78, 5) is 5.90. The minimum absolute atomic E-state index is 0.563. The molecule has 0 aliphatic rings. The number of H-pyrrole nitrogens is 2. The molecule has 2 radical (unpaired) electrons. The number of hydrogen-bond donors (Lipinski definition) is 3. The van der Waals surface area contributed by atoms with E-state index in [2.05, 4.69) is 9.97 Å². The van der Waals surface area contributed by atoms with Crippen molar-refractivity contribution in [2.45, 2.75) is 0 Å². The molecule has 0 unspecified atom stereocenters. The average Bonchev–Trinajstić information content (AvgIpc) is 2.49. The number of anilines is 1. The lowest BCUT2D eigenvalue weighted by Crippen LogP contribution is -2.08. The highest BCUT2D eigenvalue weighted by Crippen LogP contribution is 2.10. The van der Waals surface area contributed by atoms with Crippen LogP contribution in [0.5, 0.6) is 0 Å². The van der Waals surface area contributed by atoms with Gasteiger partial charge in [-0.2, -0.15) is 0 Å². The van der Waals surface area contributed by atoms with Crippen molar-refractivity contribution < 1.29 is 2.97 Å². The van der Waals surface area contributed by atoms with Crippen LogP contribution in [-0.2, 0) is 0 Å². The van der Waals surface area contributed by atoms with Gasteiger partial charge < -0.3 is 15.7 Å². The van der Waals surface area contributed by atoms with Gasteiger partial charge in [0, 0.05) is 8.66 Å². The lowest BCUT2D eigenvalue weighted by atomic mass is 9.94. The van der Waals surface area contributed by atoms with Crippen LogP contribution in [0.15, 0.2) is 12.1 Å². The van der Waals surface area contributed by atoms with Gasteiger partial charge >= 0.3 is 0 Å². The molecule has 0 spiro atoms. The summed E-state index contributed by atoms with van der Waals surface area (Å²) in [5.41, 5.74) is 8.49. The maximum absolute atomic E-state index is 5.60. The molecule has 0 atom stereocenters. The van der Waals surface area contributed by atoms with Crippen molar-refractivity contribution in [3.63, 3.8) is 0 Å². The molecule has 0 aliphatic heterocycles. The largest absolute Gasteiger partial charge is 0.399 e. The van der Waals surface area contributed by atoms with Crippen LogP contribution in [0, 0.1) is 4.77 Å². The fourth-order valence-electron chi connectivity index (χ4n) is 1.12. The fourth-order valence-corrected chi connectivity index (χ4v) is 1.34. The number of imidazole rings is 1. The molecule has 0 saturated carbocycles. The van der Waals surface area contributed by atoms with Gasteiger partial charge in [0.05, 0.1) is 11.0 Å². The van der Waals surface area contributed by atoms with Crippen molar-refractivity contribution in [1.82, 2.24) is 9.97 Å². The van der Waals surface area contributed by atoms with Crippen molar-refractivity contribution in [3.8, 4) is 0 Å². The van der Waals surface area contributed by atoms with Gasteiger partial charge in [0.1, 0.15) is 7.85 Å². The maximum atomic E-state index is 5.60. The zero-order valence-electron chi connectivity index (χ0n) is 8.22. The third-order valence-electron chi connectivity index (χ3n) is 1.72. The molecule has 2 rings (SSSR count). The lowest BCUT2D eigenvalue weighted by molar-refractivity contribution is 1.30. The average molecular weight is 179 g/mol. The summed E-state index contributed by atoms with van der Waals surface area (Å²) >= 11 is 4.91. The van der Waals surface area contributed by atoms with Crippen LogP contribution in [0.25, 0.3) is 11.0 Å². The Morgan fingerprint density at radius 2 is 2.00 bits per heavy atom. The Hall–Kier alpha value is -1.23. The van der Waals surface area contributed by atoms with E-state index in [0.717, 1.165) is 11.0 Å². The van der Waals surface area contributed by atoms with E-state index in [4.69, 9.17) is 28.8 Å². The third kappa shape index (κ3) is 1.02. The number of benzene rings is 1. The molecule has 1 aromatic carbocycles. The molecular formula is C7H8BN3S. The number of nitrogens with one attached hydrogen (secondary N) is 2. The van der Waals surface area contributed by atoms with Gasteiger partial charge in [0.25, 0.3) is 0 Å². The maximum Gasteiger partial charge on any atom is 0.175 e. The highest BCUT2D eigenvalue weighted by atomic mass is 32.1. The topological polar surface area (TPSA) is 57.6 Å². The number of aromatic amines is 2. The Morgan fingerprint density at radius 3 is 2.67 bits per heavy atom. The number of hydrogen-bond acceptors (Lipinski definition) is 2. The number of fused-ring (bicyclic) bond motifs is 1. The molecular weight excluding hydrogens is 169 g/mol. The van der Waals surface area contributed by atoms with E-state index in [1.54, 1.807) is 12.1 Å².